The monoisotopic (exact) mass is 354 g/mol. The van der Waals surface area contributed by atoms with Crippen LogP contribution in [0.15, 0.2) is 22.7 Å². The van der Waals surface area contributed by atoms with Gasteiger partial charge in [0.1, 0.15) is 0 Å². The minimum Gasteiger partial charge on any atom is -0.383 e. The van der Waals surface area contributed by atoms with Gasteiger partial charge in [0.15, 0.2) is 0 Å². The lowest BCUT2D eigenvalue weighted by molar-refractivity contribution is 0.199. The van der Waals surface area contributed by atoms with E-state index < -0.39 is 0 Å². The average Bonchev–Trinajstić information content (AvgIpc) is 3.28. The Kier molecular flexibility index (Phi) is 7.00. The molecule has 1 fully saturated rings. The maximum atomic E-state index is 5.10. The topological polar surface area (TPSA) is 24.5 Å². The van der Waals surface area contributed by atoms with Crippen molar-refractivity contribution in [3.8, 4) is 0 Å². The zero-order valence-corrected chi connectivity index (χ0v) is 14.8. The maximum Gasteiger partial charge on any atom is 0.0587 e. The first-order valence-electron chi connectivity index (χ1n) is 7.97. The van der Waals surface area contributed by atoms with E-state index in [9.17, 15) is 0 Å². The van der Waals surface area contributed by atoms with Crippen molar-refractivity contribution in [3.63, 3.8) is 0 Å². The van der Waals surface area contributed by atoms with Gasteiger partial charge in [0, 0.05) is 43.4 Å². The summed E-state index contributed by atoms with van der Waals surface area (Å²) in [5.74, 6) is 0.907. The second-order valence-electron chi connectivity index (χ2n) is 5.83. The summed E-state index contributed by atoms with van der Waals surface area (Å²) in [7, 11) is 1.74. The number of anilines is 1. The fourth-order valence-electron chi connectivity index (χ4n) is 2.57. The first-order valence-corrected chi connectivity index (χ1v) is 8.77. The summed E-state index contributed by atoms with van der Waals surface area (Å²) >= 11 is 3.62. The number of methoxy groups -OCH3 is 1. The Morgan fingerprint density at radius 3 is 2.86 bits per heavy atom. The summed E-state index contributed by atoms with van der Waals surface area (Å²) < 4.78 is 6.26. The van der Waals surface area contributed by atoms with Crippen molar-refractivity contribution in [1.82, 2.24) is 5.32 Å². The Labute approximate surface area is 137 Å². The van der Waals surface area contributed by atoms with Crippen LogP contribution in [0.1, 0.15) is 31.7 Å². The highest BCUT2D eigenvalue weighted by Gasteiger charge is 2.25. The predicted octanol–water partition coefficient (Wildman–Crippen LogP) is 3.81. The molecule has 0 atom stereocenters. The van der Waals surface area contributed by atoms with Crippen LogP contribution in [0.25, 0.3) is 0 Å². The Bertz CT molecular complexity index is 435. The minimum absolute atomic E-state index is 0.757. The fourth-order valence-corrected chi connectivity index (χ4v) is 2.92. The number of nitrogens with zero attached hydrogens (tertiary/aromatic N) is 1. The molecule has 1 aromatic carbocycles. The van der Waals surface area contributed by atoms with Crippen molar-refractivity contribution in [2.45, 2.75) is 32.7 Å². The fraction of sp³-hybridized carbons (Fsp3) is 0.647. The zero-order chi connectivity index (χ0) is 15.1. The molecule has 0 bridgehead atoms. The number of halogens is 1. The molecule has 1 aliphatic carbocycles. The summed E-state index contributed by atoms with van der Waals surface area (Å²) in [4.78, 5) is 2.57. The number of hydrogen-bond acceptors (Lipinski definition) is 3. The molecule has 1 aromatic rings. The van der Waals surface area contributed by atoms with Crippen LogP contribution in [0.5, 0.6) is 0 Å². The third-order valence-corrected chi connectivity index (χ3v) is 4.35. The molecule has 0 radical (unpaired) electrons. The van der Waals surface area contributed by atoms with Gasteiger partial charge in [0.05, 0.1) is 6.61 Å². The van der Waals surface area contributed by atoms with Gasteiger partial charge in [-0.15, -0.1) is 0 Å². The van der Waals surface area contributed by atoms with Crippen LogP contribution in [0.3, 0.4) is 0 Å². The van der Waals surface area contributed by atoms with Crippen LogP contribution < -0.4 is 10.2 Å². The van der Waals surface area contributed by atoms with Crippen LogP contribution in [-0.2, 0) is 11.3 Å². The highest BCUT2D eigenvalue weighted by Crippen LogP contribution is 2.33. The molecule has 118 valence electrons. The largest absolute Gasteiger partial charge is 0.383 e. The van der Waals surface area contributed by atoms with Crippen molar-refractivity contribution in [1.29, 1.82) is 0 Å². The molecule has 21 heavy (non-hydrogen) atoms. The van der Waals surface area contributed by atoms with Gasteiger partial charge in [-0.2, -0.15) is 0 Å². The molecule has 0 saturated heterocycles. The molecule has 0 unspecified atom stereocenters. The summed E-state index contributed by atoms with van der Waals surface area (Å²) in [6, 6.07) is 6.64. The third kappa shape index (κ3) is 5.61. The molecular formula is C17H27BrN2O. The van der Waals surface area contributed by atoms with Gasteiger partial charge >= 0.3 is 0 Å². The van der Waals surface area contributed by atoms with E-state index >= 15 is 0 Å². The Morgan fingerprint density at radius 1 is 1.38 bits per heavy atom. The van der Waals surface area contributed by atoms with Crippen molar-refractivity contribution < 1.29 is 4.74 Å². The van der Waals surface area contributed by atoms with Gasteiger partial charge < -0.3 is 15.0 Å². The highest BCUT2D eigenvalue weighted by molar-refractivity contribution is 9.10. The summed E-state index contributed by atoms with van der Waals surface area (Å²) in [5.41, 5.74) is 2.76. The standard InChI is InChI=1S/C17H27BrN2O/c1-3-9-20(13-14-4-5-14)17-11-16(18)7-6-15(17)12-19-8-10-21-2/h6-7,11,14,19H,3-5,8-10,12-13H2,1-2H3. The van der Waals surface area contributed by atoms with E-state index in [0.717, 1.165) is 36.6 Å². The van der Waals surface area contributed by atoms with Crippen molar-refractivity contribution in [2.75, 3.05) is 38.3 Å². The van der Waals surface area contributed by atoms with E-state index in [-0.39, 0.29) is 0 Å². The summed E-state index contributed by atoms with van der Waals surface area (Å²) in [5, 5.41) is 3.46. The molecule has 2 rings (SSSR count). The van der Waals surface area contributed by atoms with Gasteiger partial charge in [-0.1, -0.05) is 28.9 Å². The van der Waals surface area contributed by atoms with Gasteiger partial charge in [0.25, 0.3) is 0 Å². The number of nitrogens with one attached hydrogen (secondary N) is 1. The van der Waals surface area contributed by atoms with Crippen LogP contribution in [0.2, 0.25) is 0 Å². The van der Waals surface area contributed by atoms with E-state index in [0.29, 0.717) is 0 Å². The second kappa shape index (κ2) is 8.76. The van der Waals surface area contributed by atoms with Crippen molar-refractivity contribution in [3.05, 3.63) is 28.2 Å². The molecule has 1 saturated carbocycles. The number of benzene rings is 1. The molecule has 1 N–H and O–H groups in total. The lowest BCUT2D eigenvalue weighted by Crippen LogP contribution is -2.29. The van der Waals surface area contributed by atoms with Gasteiger partial charge in [0.2, 0.25) is 0 Å². The Morgan fingerprint density at radius 2 is 2.19 bits per heavy atom. The van der Waals surface area contributed by atoms with E-state index in [1.165, 1.54) is 37.1 Å². The van der Waals surface area contributed by atoms with E-state index in [1.54, 1.807) is 7.11 Å². The first-order chi connectivity index (χ1) is 10.2. The lowest BCUT2D eigenvalue weighted by Gasteiger charge is -2.27. The van der Waals surface area contributed by atoms with Gasteiger partial charge in [-0.05, 0) is 42.9 Å². The Hall–Kier alpha value is -0.580. The highest BCUT2D eigenvalue weighted by atomic mass is 79.9. The van der Waals surface area contributed by atoms with Gasteiger partial charge in [-0.25, -0.2) is 0 Å². The molecule has 0 aliphatic heterocycles. The SMILES string of the molecule is CCCN(CC1CC1)c1cc(Br)ccc1CNCCOC. The predicted molar refractivity (Wildman–Crippen MR) is 93.0 cm³/mol. The van der Waals surface area contributed by atoms with Crippen molar-refractivity contribution >= 4 is 21.6 Å². The maximum absolute atomic E-state index is 5.10. The average molecular weight is 355 g/mol. The summed E-state index contributed by atoms with van der Waals surface area (Å²) in [6.45, 7) is 7.15. The Balaban J connectivity index is 2.07. The smallest absolute Gasteiger partial charge is 0.0587 e. The molecule has 0 aromatic heterocycles. The lowest BCUT2D eigenvalue weighted by atomic mass is 10.1. The molecule has 0 heterocycles. The third-order valence-electron chi connectivity index (χ3n) is 3.86. The molecule has 0 spiro atoms. The quantitative estimate of drug-likeness (QED) is 0.646. The van der Waals surface area contributed by atoms with E-state index in [1.807, 2.05) is 0 Å². The van der Waals surface area contributed by atoms with Crippen LogP contribution in [0.4, 0.5) is 5.69 Å². The molecule has 3 nitrogen and oxygen atoms in total. The molecular weight excluding hydrogens is 328 g/mol. The van der Waals surface area contributed by atoms with Gasteiger partial charge in [-0.3, -0.25) is 0 Å². The van der Waals surface area contributed by atoms with Crippen LogP contribution in [-0.4, -0.2) is 33.4 Å². The zero-order valence-electron chi connectivity index (χ0n) is 13.2. The number of hydrogen-bond donors (Lipinski definition) is 1. The molecule has 0 amide bonds. The first kappa shape index (κ1) is 16.8. The second-order valence-corrected chi connectivity index (χ2v) is 6.75. The molecule has 1 aliphatic rings. The number of ether oxygens (including phenoxy) is 1. The van der Waals surface area contributed by atoms with E-state index in [2.05, 4.69) is 51.3 Å². The minimum atomic E-state index is 0.757. The van der Waals surface area contributed by atoms with Crippen molar-refractivity contribution in [2.24, 2.45) is 5.92 Å². The molecule has 4 heteroatoms. The van der Waals surface area contributed by atoms with Crippen LogP contribution >= 0.6 is 15.9 Å². The van der Waals surface area contributed by atoms with E-state index in [4.69, 9.17) is 4.74 Å². The normalized spacial score (nSPS) is 14.4. The van der Waals surface area contributed by atoms with Crippen LogP contribution in [0, 0.1) is 5.92 Å². The summed E-state index contributed by atoms with van der Waals surface area (Å²) in [6.07, 6.45) is 3.99. The number of rotatable bonds is 10.